The van der Waals surface area contributed by atoms with Crippen molar-refractivity contribution in [2.24, 2.45) is 5.41 Å². The molecule has 2 amide bonds. The van der Waals surface area contributed by atoms with E-state index in [0.717, 1.165) is 32.5 Å². The largest absolute Gasteiger partial charge is 0.381 e. The summed E-state index contributed by atoms with van der Waals surface area (Å²) in [5.41, 5.74) is 0.333. The minimum atomic E-state index is -0.156. The molecule has 1 spiro atoms. The van der Waals surface area contributed by atoms with Crippen molar-refractivity contribution in [3.05, 3.63) is 0 Å². The van der Waals surface area contributed by atoms with Gasteiger partial charge in [-0.25, -0.2) is 0 Å². The molecule has 136 valence electrons. The Morgan fingerprint density at radius 3 is 2.33 bits per heavy atom. The molecule has 3 aliphatic rings. The van der Waals surface area contributed by atoms with E-state index in [1.807, 2.05) is 16.7 Å². The second kappa shape index (κ2) is 7.40. The van der Waals surface area contributed by atoms with Crippen LogP contribution < -0.4 is 5.32 Å². The first-order chi connectivity index (χ1) is 11.5. The summed E-state index contributed by atoms with van der Waals surface area (Å²) in [6.45, 7) is 7.89. The molecule has 3 fully saturated rings. The van der Waals surface area contributed by atoms with Crippen LogP contribution in [0.15, 0.2) is 0 Å². The maximum absolute atomic E-state index is 12.8. The van der Waals surface area contributed by atoms with Gasteiger partial charge < -0.3 is 19.9 Å². The highest BCUT2D eigenvalue weighted by Gasteiger charge is 2.44. The van der Waals surface area contributed by atoms with Gasteiger partial charge in [0.2, 0.25) is 11.8 Å². The summed E-state index contributed by atoms with van der Waals surface area (Å²) in [4.78, 5) is 27.9. The zero-order valence-electron chi connectivity index (χ0n) is 15.1. The van der Waals surface area contributed by atoms with Gasteiger partial charge >= 0.3 is 0 Å². The predicted octanol–water partition coefficient (Wildman–Crippen LogP) is 1.00. The average molecular weight is 337 g/mol. The number of rotatable bonds is 3. The molecule has 1 saturated carbocycles. The first kappa shape index (κ1) is 17.7. The summed E-state index contributed by atoms with van der Waals surface area (Å²) in [6.07, 6.45) is 5.89. The van der Waals surface area contributed by atoms with Gasteiger partial charge in [-0.2, -0.15) is 0 Å². The number of hydrogen-bond acceptors (Lipinski definition) is 4. The van der Waals surface area contributed by atoms with Crippen LogP contribution in [-0.4, -0.2) is 73.1 Å². The highest BCUT2D eigenvalue weighted by molar-refractivity contribution is 5.82. The van der Waals surface area contributed by atoms with Crippen LogP contribution in [0.25, 0.3) is 0 Å². The molecule has 24 heavy (non-hydrogen) atoms. The predicted molar refractivity (Wildman–Crippen MR) is 91.6 cm³/mol. The van der Waals surface area contributed by atoms with E-state index in [4.69, 9.17) is 4.74 Å². The molecule has 0 aromatic heterocycles. The smallest absolute Gasteiger partial charge is 0.239 e. The molecule has 6 nitrogen and oxygen atoms in total. The highest BCUT2D eigenvalue weighted by atomic mass is 16.5. The van der Waals surface area contributed by atoms with E-state index in [9.17, 15) is 9.59 Å². The van der Waals surface area contributed by atoms with Gasteiger partial charge in [0, 0.05) is 52.4 Å². The third-order valence-electron chi connectivity index (χ3n) is 6.25. The number of ether oxygens (including phenoxy) is 1. The minimum absolute atomic E-state index is 0.0979. The zero-order valence-corrected chi connectivity index (χ0v) is 15.1. The van der Waals surface area contributed by atoms with E-state index in [-0.39, 0.29) is 17.9 Å². The number of piperazine rings is 1. The van der Waals surface area contributed by atoms with Gasteiger partial charge in [-0.15, -0.1) is 0 Å². The maximum atomic E-state index is 12.8. The first-order valence-corrected chi connectivity index (χ1v) is 9.40. The topological polar surface area (TPSA) is 61.9 Å². The van der Waals surface area contributed by atoms with Crippen LogP contribution in [0.1, 0.15) is 46.0 Å². The number of carbonyl (C=O) groups excluding carboxylic acids is 2. The Balaban J connectivity index is 1.53. The summed E-state index contributed by atoms with van der Waals surface area (Å²) in [7, 11) is 0. The first-order valence-electron chi connectivity index (χ1n) is 9.40. The average Bonchev–Trinajstić information content (AvgIpc) is 2.96. The normalized spacial score (nSPS) is 28.2. The summed E-state index contributed by atoms with van der Waals surface area (Å²) < 4.78 is 5.55. The van der Waals surface area contributed by atoms with Crippen molar-refractivity contribution < 1.29 is 14.3 Å². The fraction of sp³-hybridized carbons (Fsp3) is 0.889. The third kappa shape index (κ3) is 3.59. The van der Waals surface area contributed by atoms with Gasteiger partial charge in [0.25, 0.3) is 0 Å². The zero-order chi connectivity index (χ0) is 17.2. The Kier molecular flexibility index (Phi) is 5.45. The van der Waals surface area contributed by atoms with Gasteiger partial charge in [-0.3, -0.25) is 9.59 Å². The molecular formula is C18H31N3O3. The van der Waals surface area contributed by atoms with E-state index in [2.05, 4.69) is 5.32 Å². The lowest BCUT2D eigenvalue weighted by atomic mass is 9.75. The Bertz CT molecular complexity index is 468. The highest BCUT2D eigenvalue weighted by Crippen LogP contribution is 2.46. The van der Waals surface area contributed by atoms with Gasteiger partial charge in [-0.05, 0) is 38.0 Å². The van der Waals surface area contributed by atoms with Crippen molar-refractivity contribution in [1.29, 1.82) is 0 Å². The Labute approximate surface area is 144 Å². The Morgan fingerprint density at radius 1 is 1.08 bits per heavy atom. The van der Waals surface area contributed by atoms with E-state index in [1.165, 1.54) is 12.8 Å². The quantitative estimate of drug-likeness (QED) is 0.835. The van der Waals surface area contributed by atoms with Crippen LogP contribution in [-0.2, 0) is 14.3 Å². The lowest BCUT2D eigenvalue weighted by Crippen LogP contribution is -2.57. The van der Waals surface area contributed by atoms with Crippen LogP contribution >= 0.6 is 0 Å². The van der Waals surface area contributed by atoms with Crippen molar-refractivity contribution in [2.75, 3.05) is 39.4 Å². The molecule has 0 radical (unpaired) electrons. The molecule has 2 unspecified atom stereocenters. The molecule has 2 atom stereocenters. The molecular weight excluding hydrogens is 306 g/mol. The van der Waals surface area contributed by atoms with E-state index < -0.39 is 0 Å². The van der Waals surface area contributed by atoms with Crippen molar-refractivity contribution in [3.63, 3.8) is 0 Å². The summed E-state index contributed by atoms with van der Waals surface area (Å²) >= 11 is 0. The molecule has 2 heterocycles. The maximum Gasteiger partial charge on any atom is 0.239 e. The monoisotopic (exact) mass is 337 g/mol. The molecule has 2 aliphatic heterocycles. The molecule has 1 aliphatic carbocycles. The molecule has 2 saturated heterocycles. The van der Waals surface area contributed by atoms with E-state index >= 15 is 0 Å². The SMILES string of the molecule is CC(=O)N1CCN(C(=O)C(C)NC2CCCC23CCOCC3)CC1. The number of amides is 2. The fourth-order valence-electron chi connectivity index (χ4n) is 4.66. The standard InChI is InChI=1S/C18H31N3O3/c1-14(17(23)21-10-8-20(9-11-21)15(2)22)19-16-4-3-5-18(16)6-12-24-13-7-18/h14,16,19H,3-13H2,1-2H3. The molecule has 0 aromatic rings. The third-order valence-corrected chi connectivity index (χ3v) is 6.25. The summed E-state index contributed by atoms with van der Waals surface area (Å²) in [6, 6.07) is 0.274. The van der Waals surface area contributed by atoms with E-state index in [1.54, 1.807) is 6.92 Å². The second-order valence-corrected chi connectivity index (χ2v) is 7.64. The van der Waals surface area contributed by atoms with Crippen LogP contribution in [0.3, 0.4) is 0 Å². The molecule has 3 rings (SSSR count). The number of hydrogen-bond donors (Lipinski definition) is 1. The van der Waals surface area contributed by atoms with Crippen LogP contribution in [0, 0.1) is 5.41 Å². The van der Waals surface area contributed by atoms with Crippen molar-refractivity contribution in [3.8, 4) is 0 Å². The lowest BCUT2D eigenvalue weighted by molar-refractivity contribution is -0.139. The van der Waals surface area contributed by atoms with Crippen molar-refractivity contribution in [2.45, 2.75) is 58.0 Å². The molecule has 0 aromatic carbocycles. The van der Waals surface area contributed by atoms with Crippen molar-refractivity contribution >= 4 is 11.8 Å². The van der Waals surface area contributed by atoms with Crippen LogP contribution in [0.4, 0.5) is 0 Å². The molecule has 1 N–H and O–H groups in total. The van der Waals surface area contributed by atoms with Crippen LogP contribution in [0.2, 0.25) is 0 Å². The Hall–Kier alpha value is -1.14. The van der Waals surface area contributed by atoms with Gasteiger partial charge in [0.1, 0.15) is 0 Å². The number of nitrogens with one attached hydrogen (secondary N) is 1. The molecule has 6 heteroatoms. The number of carbonyl (C=O) groups is 2. The summed E-state index contributed by atoms with van der Waals surface area (Å²) in [5.74, 6) is 0.271. The molecule has 0 bridgehead atoms. The second-order valence-electron chi connectivity index (χ2n) is 7.64. The number of nitrogens with zero attached hydrogens (tertiary/aromatic N) is 2. The lowest BCUT2D eigenvalue weighted by Gasteiger charge is -2.41. The van der Waals surface area contributed by atoms with Gasteiger partial charge in [0.05, 0.1) is 6.04 Å². The van der Waals surface area contributed by atoms with Gasteiger partial charge in [0.15, 0.2) is 0 Å². The van der Waals surface area contributed by atoms with E-state index in [0.29, 0.717) is 37.6 Å². The Morgan fingerprint density at radius 2 is 1.71 bits per heavy atom. The van der Waals surface area contributed by atoms with Crippen molar-refractivity contribution in [1.82, 2.24) is 15.1 Å². The van der Waals surface area contributed by atoms with Crippen LogP contribution in [0.5, 0.6) is 0 Å². The fourth-order valence-corrected chi connectivity index (χ4v) is 4.66. The summed E-state index contributed by atoms with van der Waals surface area (Å²) in [5, 5.41) is 3.64. The minimum Gasteiger partial charge on any atom is -0.381 e. The van der Waals surface area contributed by atoms with Gasteiger partial charge in [-0.1, -0.05) is 6.42 Å².